The van der Waals surface area contributed by atoms with Gasteiger partial charge in [0.25, 0.3) is 17.8 Å². The first-order valence-corrected chi connectivity index (χ1v) is 3.99. The monoisotopic (exact) mass is 216 g/mol. The van der Waals surface area contributed by atoms with E-state index < -0.39 is 0 Å². The van der Waals surface area contributed by atoms with Crippen molar-refractivity contribution in [3.63, 3.8) is 0 Å². The Balaban J connectivity index is 2.20. The standard InChI is InChI=1S/C6H4N10/c7-14-5-11-3-12-6(13-5)16-15-4-9-1-8-2-10-4/h1-3,7H. The first-order chi connectivity index (χ1) is 7.88. The van der Waals surface area contributed by atoms with Gasteiger partial charge in [-0.3, -0.25) is 0 Å². The molecule has 0 radical (unpaired) electrons. The topological polar surface area (TPSA) is 138 Å². The molecule has 0 spiro atoms. The van der Waals surface area contributed by atoms with Gasteiger partial charge in [-0.1, -0.05) is 0 Å². The van der Waals surface area contributed by atoms with E-state index in [1.807, 2.05) is 0 Å². The van der Waals surface area contributed by atoms with Crippen LogP contribution in [0.5, 0.6) is 0 Å². The quantitative estimate of drug-likeness (QED) is 0.763. The number of aromatic nitrogens is 6. The second-order valence-corrected chi connectivity index (χ2v) is 2.34. The van der Waals surface area contributed by atoms with Crippen LogP contribution >= 0.6 is 0 Å². The van der Waals surface area contributed by atoms with Gasteiger partial charge in [0, 0.05) is 0 Å². The summed E-state index contributed by atoms with van der Waals surface area (Å²) in [7, 11) is 0. The number of rotatable bonds is 3. The fourth-order valence-electron chi connectivity index (χ4n) is 0.756. The molecule has 1 N–H and O–H groups in total. The molecule has 16 heavy (non-hydrogen) atoms. The minimum atomic E-state index is -0.0420. The molecule has 10 heteroatoms. The average Bonchev–Trinajstić information content (AvgIpc) is 2.38. The molecule has 0 bridgehead atoms. The highest BCUT2D eigenvalue weighted by atomic mass is 15.3. The predicted octanol–water partition coefficient (Wildman–Crippen LogP) is 1.13. The van der Waals surface area contributed by atoms with E-state index in [0.29, 0.717) is 0 Å². The van der Waals surface area contributed by atoms with Crippen LogP contribution in [-0.2, 0) is 0 Å². The highest BCUT2D eigenvalue weighted by Crippen LogP contribution is 2.10. The van der Waals surface area contributed by atoms with Crippen LogP contribution in [0, 0.1) is 5.53 Å². The maximum absolute atomic E-state index is 6.70. The molecule has 0 atom stereocenters. The van der Waals surface area contributed by atoms with Gasteiger partial charge in [-0.15, -0.1) is 15.3 Å². The Morgan fingerprint density at radius 1 is 0.812 bits per heavy atom. The SMILES string of the molecule is N=Nc1ncnc(N=Nc2ncncn2)n1. The normalized spacial score (nSPS) is 10.5. The zero-order valence-electron chi connectivity index (χ0n) is 7.76. The Hall–Kier alpha value is -2.78. The van der Waals surface area contributed by atoms with E-state index in [0.717, 1.165) is 0 Å². The van der Waals surface area contributed by atoms with E-state index in [1.165, 1.54) is 19.0 Å². The number of hydrogen-bond donors (Lipinski definition) is 1. The van der Waals surface area contributed by atoms with Gasteiger partial charge in [0.2, 0.25) is 0 Å². The minimum absolute atomic E-state index is 0.0291. The summed E-state index contributed by atoms with van der Waals surface area (Å²) in [6, 6.07) is 0. The largest absolute Gasteiger partial charge is 0.273 e. The van der Waals surface area contributed by atoms with Crippen molar-refractivity contribution in [3.05, 3.63) is 19.0 Å². The van der Waals surface area contributed by atoms with Gasteiger partial charge in [-0.2, -0.15) is 24.9 Å². The van der Waals surface area contributed by atoms with Gasteiger partial charge < -0.3 is 0 Å². The first-order valence-electron chi connectivity index (χ1n) is 3.99. The van der Waals surface area contributed by atoms with E-state index in [-0.39, 0.29) is 17.8 Å². The predicted molar refractivity (Wildman–Crippen MR) is 48.6 cm³/mol. The molecule has 2 aromatic rings. The van der Waals surface area contributed by atoms with Crippen molar-refractivity contribution in [1.82, 2.24) is 29.9 Å². The van der Waals surface area contributed by atoms with Gasteiger partial charge in [0.15, 0.2) is 0 Å². The van der Waals surface area contributed by atoms with E-state index in [4.69, 9.17) is 5.53 Å². The fourth-order valence-corrected chi connectivity index (χ4v) is 0.756. The summed E-state index contributed by atoms with van der Waals surface area (Å²) >= 11 is 0. The van der Waals surface area contributed by atoms with E-state index in [1.54, 1.807) is 0 Å². The van der Waals surface area contributed by atoms with Crippen molar-refractivity contribution in [2.24, 2.45) is 15.3 Å². The van der Waals surface area contributed by atoms with Crippen LogP contribution in [0.15, 0.2) is 34.3 Å². The molecule has 0 saturated heterocycles. The maximum Gasteiger partial charge on any atom is 0.273 e. The first kappa shape index (κ1) is 9.76. The third-order valence-electron chi connectivity index (χ3n) is 1.36. The van der Waals surface area contributed by atoms with E-state index in [2.05, 4.69) is 45.2 Å². The van der Waals surface area contributed by atoms with Gasteiger partial charge in [0.1, 0.15) is 19.0 Å². The Morgan fingerprint density at radius 3 is 2.19 bits per heavy atom. The Labute approximate surface area is 88.5 Å². The van der Waals surface area contributed by atoms with Crippen LogP contribution in [0.3, 0.4) is 0 Å². The molecule has 2 rings (SSSR count). The van der Waals surface area contributed by atoms with Crippen LogP contribution in [-0.4, -0.2) is 29.9 Å². The Bertz CT molecular complexity index is 508. The van der Waals surface area contributed by atoms with E-state index >= 15 is 0 Å². The molecule has 0 aliphatic carbocycles. The Morgan fingerprint density at radius 2 is 1.44 bits per heavy atom. The zero-order valence-corrected chi connectivity index (χ0v) is 7.76. The summed E-state index contributed by atoms with van der Waals surface area (Å²) < 4.78 is 0. The third kappa shape index (κ3) is 2.37. The van der Waals surface area contributed by atoms with Crippen molar-refractivity contribution in [2.75, 3.05) is 0 Å². The molecule has 10 nitrogen and oxygen atoms in total. The van der Waals surface area contributed by atoms with Gasteiger partial charge in [0.05, 0.1) is 0 Å². The third-order valence-corrected chi connectivity index (χ3v) is 1.36. The summed E-state index contributed by atoms with van der Waals surface area (Å²) in [5.74, 6) is 0.126. The zero-order chi connectivity index (χ0) is 11.2. The summed E-state index contributed by atoms with van der Waals surface area (Å²) in [4.78, 5) is 22.1. The summed E-state index contributed by atoms with van der Waals surface area (Å²) in [6.45, 7) is 0. The lowest BCUT2D eigenvalue weighted by molar-refractivity contribution is 0.936. The molecule has 0 aromatic carbocycles. The smallest absolute Gasteiger partial charge is 0.225 e. The summed E-state index contributed by atoms with van der Waals surface area (Å²) in [5.41, 5.74) is 6.70. The number of nitrogens with one attached hydrogen (secondary N) is 1. The van der Waals surface area contributed by atoms with Gasteiger partial charge in [-0.25, -0.2) is 10.5 Å². The van der Waals surface area contributed by atoms with Crippen LogP contribution in [0.1, 0.15) is 0 Å². The maximum atomic E-state index is 6.70. The van der Waals surface area contributed by atoms with Crippen LogP contribution in [0.2, 0.25) is 0 Å². The Kier molecular flexibility index (Phi) is 2.83. The van der Waals surface area contributed by atoms with Crippen LogP contribution < -0.4 is 0 Å². The molecular weight excluding hydrogens is 212 g/mol. The lowest BCUT2D eigenvalue weighted by Crippen LogP contribution is -1.84. The molecule has 0 amide bonds. The highest BCUT2D eigenvalue weighted by Gasteiger charge is 1.97. The lowest BCUT2D eigenvalue weighted by atomic mass is 10.9. The van der Waals surface area contributed by atoms with Crippen molar-refractivity contribution in [3.8, 4) is 0 Å². The lowest BCUT2D eigenvalue weighted by Gasteiger charge is -1.90. The molecule has 2 aromatic heterocycles. The van der Waals surface area contributed by atoms with Crippen LogP contribution in [0.4, 0.5) is 17.8 Å². The molecule has 0 aliphatic rings. The average molecular weight is 216 g/mol. The van der Waals surface area contributed by atoms with Crippen molar-refractivity contribution in [1.29, 1.82) is 5.53 Å². The molecular formula is C6H4N10. The summed E-state index contributed by atoms with van der Waals surface area (Å²) in [5, 5.41) is 10.3. The number of nitrogens with zero attached hydrogens (tertiary/aromatic N) is 9. The number of hydrogen-bond acceptors (Lipinski definition) is 10. The summed E-state index contributed by atoms with van der Waals surface area (Å²) in [6.07, 6.45) is 3.76. The van der Waals surface area contributed by atoms with Crippen molar-refractivity contribution < 1.29 is 0 Å². The fraction of sp³-hybridized carbons (Fsp3) is 0. The molecule has 2 heterocycles. The van der Waals surface area contributed by atoms with Gasteiger partial charge >= 0.3 is 0 Å². The van der Waals surface area contributed by atoms with Crippen molar-refractivity contribution >= 4 is 17.8 Å². The van der Waals surface area contributed by atoms with Gasteiger partial charge in [-0.05, 0) is 0 Å². The molecule has 0 fully saturated rings. The van der Waals surface area contributed by atoms with E-state index in [9.17, 15) is 0 Å². The number of azo groups is 1. The highest BCUT2D eigenvalue weighted by molar-refractivity contribution is 5.21. The molecule has 0 unspecified atom stereocenters. The second-order valence-electron chi connectivity index (χ2n) is 2.34. The molecule has 0 saturated carbocycles. The minimum Gasteiger partial charge on any atom is -0.225 e. The molecule has 0 aliphatic heterocycles. The van der Waals surface area contributed by atoms with Crippen LogP contribution in [0.25, 0.3) is 0 Å². The molecule has 78 valence electrons. The van der Waals surface area contributed by atoms with Crippen molar-refractivity contribution in [2.45, 2.75) is 0 Å². The second kappa shape index (κ2) is 4.63.